The minimum absolute atomic E-state index is 0.0816. The normalized spacial score (nSPS) is 12.3. The first-order valence-electron chi connectivity index (χ1n) is 3.35. The summed E-state index contributed by atoms with van der Waals surface area (Å²) in [4.78, 5) is 11.0. The fourth-order valence-corrected chi connectivity index (χ4v) is 0.525. The Morgan fingerprint density at radius 3 is 2.40 bits per heavy atom. The largest absolute Gasteiger partial charge is 0.295 e. The van der Waals surface area contributed by atoms with Crippen LogP contribution in [-0.4, -0.2) is 11.7 Å². The molecule has 0 fully saturated rings. The summed E-state index contributed by atoms with van der Waals surface area (Å²) in [6.07, 6.45) is 1.61. The van der Waals surface area contributed by atoms with E-state index >= 15 is 0 Å². The Balaban J connectivity index is 4.00. The van der Waals surface area contributed by atoms with Crippen LogP contribution in [0.5, 0.6) is 0 Å². The van der Waals surface area contributed by atoms with Crippen molar-refractivity contribution in [2.45, 2.75) is 20.8 Å². The van der Waals surface area contributed by atoms with Gasteiger partial charge in [-0.1, -0.05) is 19.4 Å². The van der Waals surface area contributed by atoms with Gasteiger partial charge >= 0.3 is 0 Å². The number of hydrogen-bond acceptors (Lipinski definition) is 1. The van der Waals surface area contributed by atoms with Gasteiger partial charge in [-0.25, -0.2) is 0 Å². The second-order valence-electron chi connectivity index (χ2n) is 2.68. The zero-order chi connectivity index (χ0) is 8.15. The molecule has 0 amide bonds. The van der Waals surface area contributed by atoms with Crippen LogP contribution in [0, 0.1) is 5.92 Å². The standard InChI is InChI=1S/C8H13ClO/c1-6(2)8(10)4-7(3)5-9/h4,6H,5H2,1-3H3/b7-4-. The quantitative estimate of drug-likeness (QED) is 0.458. The topological polar surface area (TPSA) is 17.1 Å². The van der Waals surface area contributed by atoms with Gasteiger partial charge in [0, 0.05) is 11.8 Å². The van der Waals surface area contributed by atoms with Crippen molar-refractivity contribution >= 4 is 17.4 Å². The van der Waals surface area contributed by atoms with Crippen LogP contribution in [-0.2, 0) is 4.79 Å². The van der Waals surface area contributed by atoms with Crippen LogP contribution in [0.3, 0.4) is 0 Å². The number of hydrogen-bond donors (Lipinski definition) is 0. The van der Waals surface area contributed by atoms with E-state index in [9.17, 15) is 4.79 Å². The maximum Gasteiger partial charge on any atom is 0.158 e. The van der Waals surface area contributed by atoms with E-state index in [1.165, 1.54) is 0 Å². The van der Waals surface area contributed by atoms with Crippen molar-refractivity contribution < 1.29 is 4.79 Å². The zero-order valence-corrected chi connectivity index (χ0v) is 7.40. The Bertz CT molecular complexity index is 147. The SMILES string of the molecule is C/C(=C/C(=O)C(C)C)CCl. The summed E-state index contributed by atoms with van der Waals surface area (Å²) in [6.45, 7) is 5.61. The highest BCUT2D eigenvalue weighted by molar-refractivity contribution is 6.19. The first-order chi connectivity index (χ1) is 4.57. The van der Waals surface area contributed by atoms with Gasteiger partial charge in [-0.05, 0) is 13.0 Å². The van der Waals surface area contributed by atoms with Gasteiger partial charge in [0.25, 0.3) is 0 Å². The van der Waals surface area contributed by atoms with E-state index in [2.05, 4.69) is 0 Å². The molecule has 0 atom stereocenters. The maximum atomic E-state index is 11.0. The summed E-state index contributed by atoms with van der Waals surface area (Å²) in [5.41, 5.74) is 0.931. The minimum Gasteiger partial charge on any atom is -0.295 e. The van der Waals surface area contributed by atoms with Gasteiger partial charge in [0.05, 0.1) is 0 Å². The molecule has 0 bridgehead atoms. The summed E-state index contributed by atoms with van der Waals surface area (Å²) in [7, 11) is 0. The number of carbonyl (C=O) groups is 1. The van der Waals surface area contributed by atoms with Crippen molar-refractivity contribution in [2.75, 3.05) is 5.88 Å². The molecule has 0 aromatic carbocycles. The summed E-state index contributed by atoms with van der Waals surface area (Å²) in [6, 6.07) is 0. The smallest absolute Gasteiger partial charge is 0.158 e. The first kappa shape index (κ1) is 9.70. The Morgan fingerprint density at radius 2 is 2.10 bits per heavy atom. The Labute approximate surface area is 67.1 Å². The monoisotopic (exact) mass is 160 g/mol. The second kappa shape index (κ2) is 4.51. The molecule has 0 aromatic rings. The van der Waals surface area contributed by atoms with E-state index in [-0.39, 0.29) is 11.7 Å². The molecular weight excluding hydrogens is 148 g/mol. The lowest BCUT2D eigenvalue weighted by molar-refractivity contribution is -0.117. The van der Waals surface area contributed by atoms with E-state index in [4.69, 9.17) is 11.6 Å². The number of carbonyl (C=O) groups excluding carboxylic acids is 1. The molecule has 0 spiro atoms. The van der Waals surface area contributed by atoms with Crippen LogP contribution < -0.4 is 0 Å². The van der Waals surface area contributed by atoms with Gasteiger partial charge in [0.15, 0.2) is 5.78 Å². The molecule has 0 aromatic heterocycles. The van der Waals surface area contributed by atoms with E-state index in [0.717, 1.165) is 5.57 Å². The highest BCUT2D eigenvalue weighted by Gasteiger charge is 2.02. The van der Waals surface area contributed by atoms with Gasteiger partial charge in [-0.2, -0.15) is 0 Å². The van der Waals surface area contributed by atoms with Crippen molar-refractivity contribution in [3.8, 4) is 0 Å². The molecule has 0 radical (unpaired) electrons. The van der Waals surface area contributed by atoms with E-state index in [1.54, 1.807) is 6.08 Å². The molecule has 0 heterocycles. The molecule has 0 aliphatic rings. The maximum absolute atomic E-state index is 11.0. The Morgan fingerprint density at radius 1 is 1.60 bits per heavy atom. The van der Waals surface area contributed by atoms with Crippen molar-refractivity contribution in [2.24, 2.45) is 5.92 Å². The Hall–Kier alpha value is -0.300. The van der Waals surface area contributed by atoms with Gasteiger partial charge < -0.3 is 0 Å². The highest BCUT2D eigenvalue weighted by atomic mass is 35.5. The highest BCUT2D eigenvalue weighted by Crippen LogP contribution is 2.01. The number of halogens is 1. The second-order valence-corrected chi connectivity index (χ2v) is 2.95. The van der Waals surface area contributed by atoms with Crippen LogP contribution in [0.15, 0.2) is 11.6 Å². The fourth-order valence-electron chi connectivity index (χ4n) is 0.448. The number of rotatable bonds is 3. The van der Waals surface area contributed by atoms with Gasteiger partial charge in [0.1, 0.15) is 0 Å². The molecule has 1 nitrogen and oxygen atoms in total. The van der Waals surface area contributed by atoms with Crippen LogP contribution in [0.25, 0.3) is 0 Å². The van der Waals surface area contributed by atoms with Crippen LogP contribution in [0.4, 0.5) is 0 Å². The van der Waals surface area contributed by atoms with Crippen LogP contribution in [0.2, 0.25) is 0 Å². The molecule has 0 aliphatic carbocycles. The third kappa shape index (κ3) is 3.67. The lowest BCUT2D eigenvalue weighted by atomic mass is 10.1. The van der Waals surface area contributed by atoms with Crippen molar-refractivity contribution in [3.05, 3.63) is 11.6 Å². The van der Waals surface area contributed by atoms with E-state index in [1.807, 2.05) is 20.8 Å². The number of alkyl halides is 1. The van der Waals surface area contributed by atoms with Gasteiger partial charge in [-0.3, -0.25) is 4.79 Å². The molecule has 0 N–H and O–H groups in total. The summed E-state index contributed by atoms with van der Waals surface area (Å²) < 4.78 is 0. The molecule has 58 valence electrons. The fraction of sp³-hybridized carbons (Fsp3) is 0.625. The van der Waals surface area contributed by atoms with Crippen LogP contribution >= 0.6 is 11.6 Å². The third-order valence-electron chi connectivity index (χ3n) is 1.17. The van der Waals surface area contributed by atoms with Crippen molar-refractivity contribution in [1.82, 2.24) is 0 Å². The molecule has 0 aliphatic heterocycles. The van der Waals surface area contributed by atoms with E-state index in [0.29, 0.717) is 5.88 Å². The average molecular weight is 161 g/mol. The minimum atomic E-state index is 0.0816. The summed E-state index contributed by atoms with van der Waals surface area (Å²) in [5, 5.41) is 0. The van der Waals surface area contributed by atoms with E-state index < -0.39 is 0 Å². The molecule has 10 heavy (non-hydrogen) atoms. The molecule has 0 saturated carbocycles. The molecule has 0 saturated heterocycles. The van der Waals surface area contributed by atoms with Gasteiger partial charge in [0.2, 0.25) is 0 Å². The summed E-state index contributed by atoms with van der Waals surface area (Å²) in [5.74, 6) is 0.676. The average Bonchev–Trinajstić information content (AvgIpc) is 1.87. The van der Waals surface area contributed by atoms with Gasteiger partial charge in [-0.15, -0.1) is 11.6 Å². The molecule has 0 unspecified atom stereocenters. The Kier molecular flexibility index (Phi) is 4.37. The van der Waals surface area contributed by atoms with Crippen molar-refractivity contribution in [1.29, 1.82) is 0 Å². The first-order valence-corrected chi connectivity index (χ1v) is 3.88. The third-order valence-corrected chi connectivity index (χ3v) is 1.59. The summed E-state index contributed by atoms with van der Waals surface area (Å²) >= 11 is 5.48. The number of allylic oxidation sites excluding steroid dienone is 2. The molecule has 0 rings (SSSR count). The predicted molar refractivity (Wildman–Crippen MR) is 44.3 cm³/mol. The van der Waals surface area contributed by atoms with Crippen LogP contribution in [0.1, 0.15) is 20.8 Å². The number of ketones is 1. The molecular formula is C8H13ClO. The lowest BCUT2D eigenvalue weighted by Gasteiger charge is -1.98. The lowest BCUT2D eigenvalue weighted by Crippen LogP contribution is -2.03. The van der Waals surface area contributed by atoms with Crippen molar-refractivity contribution in [3.63, 3.8) is 0 Å². The zero-order valence-electron chi connectivity index (χ0n) is 6.65. The predicted octanol–water partition coefficient (Wildman–Crippen LogP) is 2.40. The molecule has 2 heteroatoms.